The van der Waals surface area contributed by atoms with Gasteiger partial charge >= 0.3 is 0 Å². The van der Waals surface area contributed by atoms with E-state index in [1.807, 2.05) is 6.07 Å². The summed E-state index contributed by atoms with van der Waals surface area (Å²) in [5.74, 6) is 2.01. The third kappa shape index (κ3) is 5.52. The van der Waals surface area contributed by atoms with E-state index in [4.69, 9.17) is 0 Å². The predicted octanol–water partition coefficient (Wildman–Crippen LogP) is 10.9. The van der Waals surface area contributed by atoms with E-state index >= 15 is 0 Å². The van der Waals surface area contributed by atoms with Crippen molar-refractivity contribution in [2.45, 2.75) is 79.1 Å². The van der Waals surface area contributed by atoms with Crippen LogP contribution in [0.2, 0.25) is 0 Å². The van der Waals surface area contributed by atoms with Crippen LogP contribution in [0, 0.1) is 0 Å². The molecular weight excluding hydrogens is 448 g/mol. The zero-order valence-electron chi connectivity index (χ0n) is 23.8. The van der Waals surface area contributed by atoms with Crippen LogP contribution in [-0.4, -0.2) is 5.11 Å². The van der Waals surface area contributed by atoms with E-state index in [1.165, 1.54) is 33.4 Å². The number of rotatable bonds is 7. The lowest BCUT2D eigenvalue weighted by molar-refractivity contribution is 0.476. The first-order valence-corrected chi connectivity index (χ1v) is 13.8. The van der Waals surface area contributed by atoms with Gasteiger partial charge in [0.2, 0.25) is 0 Å². The number of hydrogen-bond donors (Lipinski definition) is 1. The van der Waals surface area contributed by atoms with Crippen LogP contribution in [0.4, 0.5) is 0 Å². The van der Waals surface area contributed by atoms with Gasteiger partial charge in [0.25, 0.3) is 0 Å². The summed E-state index contributed by atoms with van der Waals surface area (Å²) < 4.78 is 0. The summed E-state index contributed by atoms with van der Waals surface area (Å²) in [7, 11) is 0. The maximum Gasteiger partial charge on any atom is 0.124 e. The van der Waals surface area contributed by atoms with E-state index in [-0.39, 0.29) is 5.92 Å². The van der Waals surface area contributed by atoms with Gasteiger partial charge in [0.1, 0.15) is 5.75 Å². The quantitative estimate of drug-likeness (QED) is 0.273. The molecule has 0 amide bonds. The molecule has 0 aliphatic rings. The highest BCUT2D eigenvalue weighted by atomic mass is 16.3. The van der Waals surface area contributed by atoms with E-state index in [0.717, 1.165) is 22.3 Å². The second-order valence-corrected chi connectivity index (χ2v) is 11.6. The van der Waals surface area contributed by atoms with Gasteiger partial charge in [-0.2, -0.15) is 0 Å². The number of phenolic OH excluding ortho intramolecular Hbond substituents is 1. The molecule has 4 rings (SSSR count). The average molecular weight is 491 g/mol. The van der Waals surface area contributed by atoms with E-state index in [9.17, 15) is 5.11 Å². The number of benzene rings is 4. The fraction of sp³-hybridized carbons (Fsp3) is 0.333. The van der Waals surface area contributed by atoms with Crippen molar-refractivity contribution in [3.05, 3.63) is 101 Å². The molecule has 37 heavy (non-hydrogen) atoms. The van der Waals surface area contributed by atoms with E-state index in [0.29, 0.717) is 23.5 Å². The lowest BCUT2D eigenvalue weighted by Gasteiger charge is -2.24. The van der Waals surface area contributed by atoms with Crippen molar-refractivity contribution in [1.82, 2.24) is 0 Å². The van der Waals surface area contributed by atoms with Crippen molar-refractivity contribution in [3.8, 4) is 39.1 Å². The number of hydrogen-bond acceptors (Lipinski definition) is 1. The zero-order chi connectivity index (χ0) is 26.9. The minimum Gasteiger partial charge on any atom is -0.507 e. The summed E-state index contributed by atoms with van der Waals surface area (Å²) >= 11 is 0. The SMILES string of the molecule is CC(C)c1ccc(-c2c(O)cc(C(C)C)c(-c3ccc(C(C)C)cc3)c2-c2ccc(C(C)C)cc2)cc1. The van der Waals surface area contributed by atoms with Gasteiger partial charge < -0.3 is 5.11 Å². The molecule has 0 aliphatic heterocycles. The third-order valence-electron chi connectivity index (χ3n) is 7.56. The summed E-state index contributed by atoms with van der Waals surface area (Å²) in [4.78, 5) is 0. The lowest BCUT2D eigenvalue weighted by Crippen LogP contribution is -2.00. The predicted molar refractivity (Wildman–Crippen MR) is 161 cm³/mol. The minimum absolute atomic E-state index is 0.261. The largest absolute Gasteiger partial charge is 0.507 e. The molecule has 1 nitrogen and oxygen atoms in total. The summed E-state index contributed by atoms with van der Waals surface area (Å²) in [6.07, 6.45) is 0. The van der Waals surface area contributed by atoms with Crippen molar-refractivity contribution in [2.75, 3.05) is 0 Å². The molecule has 0 bridgehead atoms. The molecule has 0 spiro atoms. The normalized spacial score (nSPS) is 11.8. The van der Waals surface area contributed by atoms with E-state index < -0.39 is 0 Å². The lowest BCUT2D eigenvalue weighted by atomic mass is 9.80. The molecule has 1 N–H and O–H groups in total. The molecule has 0 saturated heterocycles. The molecule has 0 unspecified atom stereocenters. The number of aromatic hydroxyl groups is 1. The van der Waals surface area contributed by atoms with Gasteiger partial charge in [-0.3, -0.25) is 0 Å². The Morgan fingerprint density at radius 1 is 0.405 bits per heavy atom. The summed E-state index contributed by atoms with van der Waals surface area (Å²) in [6.45, 7) is 17.8. The fourth-order valence-corrected chi connectivity index (χ4v) is 5.14. The Balaban J connectivity index is 2.07. The molecule has 1 heteroatoms. The summed E-state index contributed by atoms with van der Waals surface area (Å²) in [6, 6.07) is 28.6. The number of phenols is 1. The molecule has 0 atom stereocenters. The first-order chi connectivity index (χ1) is 17.6. The van der Waals surface area contributed by atoms with Crippen LogP contribution < -0.4 is 0 Å². The van der Waals surface area contributed by atoms with Crippen LogP contribution in [0.1, 0.15) is 101 Å². The molecule has 0 fully saturated rings. The first kappa shape index (κ1) is 26.7. The second kappa shape index (κ2) is 11.0. The Morgan fingerprint density at radius 2 is 0.730 bits per heavy atom. The van der Waals surface area contributed by atoms with Gasteiger partial charge in [0, 0.05) is 11.1 Å². The van der Waals surface area contributed by atoms with Crippen molar-refractivity contribution < 1.29 is 5.11 Å². The molecular formula is C36H42O. The average Bonchev–Trinajstić information content (AvgIpc) is 2.88. The van der Waals surface area contributed by atoms with E-state index in [1.54, 1.807) is 0 Å². The zero-order valence-corrected chi connectivity index (χ0v) is 23.8. The van der Waals surface area contributed by atoms with Crippen molar-refractivity contribution in [3.63, 3.8) is 0 Å². The van der Waals surface area contributed by atoms with Gasteiger partial charge in [-0.05, 0) is 74.2 Å². The molecule has 0 heterocycles. The Hall–Kier alpha value is -3.32. The highest BCUT2D eigenvalue weighted by Crippen LogP contribution is 2.49. The molecule has 192 valence electrons. The van der Waals surface area contributed by atoms with Crippen LogP contribution in [0.25, 0.3) is 33.4 Å². The van der Waals surface area contributed by atoms with Crippen LogP contribution in [0.5, 0.6) is 5.75 Å². The molecule has 0 radical (unpaired) electrons. The van der Waals surface area contributed by atoms with E-state index in [2.05, 4.69) is 128 Å². The molecule has 4 aromatic carbocycles. The molecule has 4 aromatic rings. The Bertz CT molecular complexity index is 1340. The highest BCUT2D eigenvalue weighted by Gasteiger charge is 2.23. The van der Waals surface area contributed by atoms with Gasteiger partial charge in [0.15, 0.2) is 0 Å². The van der Waals surface area contributed by atoms with Crippen molar-refractivity contribution in [2.24, 2.45) is 0 Å². The Kier molecular flexibility index (Phi) is 7.93. The summed E-state index contributed by atoms with van der Waals surface area (Å²) in [5.41, 5.74) is 11.7. The van der Waals surface area contributed by atoms with Gasteiger partial charge in [-0.25, -0.2) is 0 Å². The Morgan fingerprint density at radius 3 is 1.05 bits per heavy atom. The van der Waals surface area contributed by atoms with Crippen LogP contribution in [0.3, 0.4) is 0 Å². The monoisotopic (exact) mass is 490 g/mol. The smallest absolute Gasteiger partial charge is 0.124 e. The fourth-order valence-electron chi connectivity index (χ4n) is 5.14. The second-order valence-electron chi connectivity index (χ2n) is 11.6. The topological polar surface area (TPSA) is 20.2 Å². The first-order valence-electron chi connectivity index (χ1n) is 13.8. The molecule has 0 aromatic heterocycles. The highest BCUT2D eigenvalue weighted by molar-refractivity contribution is 5.99. The summed E-state index contributed by atoms with van der Waals surface area (Å²) in [5, 5.41) is 11.5. The minimum atomic E-state index is 0.261. The van der Waals surface area contributed by atoms with Crippen molar-refractivity contribution in [1.29, 1.82) is 0 Å². The van der Waals surface area contributed by atoms with Crippen LogP contribution >= 0.6 is 0 Å². The molecule has 0 aliphatic carbocycles. The maximum absolute atomic E-state index is 11.5. The third-order valence-corrected chi connectivity index (χ3v) is 7.56. The van der Waals surface area contributed by atoms with Crippen LogP contribution in [-0.2, 0) is 0 Å². The standard InChI is InChI=1S/C36H42O/c1-22(2)26-9-15-29(16-10-26)34-32(25(7)8)21-33(37)35(30-17-11-27(12-18-30)23(3)4)36(34)31-19-13-28(14-20-31)24(5)6/h9-25,37H,1-8H3. The Labute approximate surface area is 224 Å². The molecule has 0 saturated carbocycles. The van der Waals surface area contributed by atoms with Gasteiger partial charge in [-0.1, -0.05) is 128 Å². The van der Waals surface area contributed by atoms with Crippen LogP contribution in [0.15, 0.2) is 78.9 Å². The van der Waals surface area contributed by atoms with Gasteiger partial charge in [-0.15, -0.1) is 0 Å². The van der Waals surface area contributed by atoms with Crippen molar-refractivity contribution >= 4 is 0 Å². The maximum atomic E-state index is 11.5. The van der Waals surface area contributed by atoms with Gasteiger partial charge in [0.05, 0.1) is 0 Å².